The molecule has 1 saturated heterocycles. The van der Waals surface area contributed by atoms with E-state index in [0.717, 1.165) is 6.42 Å². The summed E-state index contributed by atoms with van der Waals surface area (Å²) >= 11 is 0. The number of amides is 2. The molecule has 1 saturated carbocycles. The Hall–Kier alpha value is -1.10. The fourth-order valence-electron chi connectivity index (χ4n) is 3.72. The quantitative estimate of drug-likeness (QED) is 0.862. The lowest BCUT2D eigenvalue weighted by molar-refractivity contribution is -0.145. The fourth-order valence-corrected chi connectivity index (χ4v) is 3.72. The van der Waals surface area contributed by atoms with Gasteiger partial charge in [-0.2, -0.15) is 0 Å². The lowest BCUT2D eigenvalue weighted by Crippen LogP contribution is -2.53. The lowest BCUT2D eigenvalue weighted by Gasteiger charge is -2.40. The zero-order valence-corrected chi connectivity index (χ0v) is 14.2. The number of carbonyl (C=O) groups is 2. The molecule has 1 heterocycles. The highest BCUT2D eigenvalue weighted by Gasteiger charge is 2.35. The molecule has 2 amide bonds. The Labute approximate surface area is 133 Å². The molecule has 2 aliphatic rings. The maximum Gasteiger partial charge on any atom is 0.251 e. The molecule has 0 radical (unpaired) electrons. The molecule has 1 N–H and O–H groups in total. The van der Waals surface area contributed by atoms with E-state index < -0.39 is 6.10 Å². The van der Waals surface area contributed by atoms with Gasteiger partial charge in [0, 0.05) is 32.6 Å². The van der Waals surface area contributed by atoms with Gasteiger partial charge in [0.15, 0.2) is 0 Å². The van der Waals surface area contributed by atoms with Crippen LogP contribution >= 0.6 is 0 Å². The van der Waals surface area contributed by atoms with Crippen molar-refractivity contribution in [2.75, 3.05) is 26.2 Å². The van der Waals surface area contributed by atoms with Crippen molar-refractivity contribution in [1.29, 1.82) is 0 Å². The molecule has 5 nitrogen and oxygen atoms in total. The van der Waals surface area contributed by atoms with Gasteiger partial charge >= 0.3 is 0 Å². The Bertz CT molecular complexity index is 412. The van der Waals surface area contributed by atoms with Crippen LogP contribution < -0.4 is 0 Å². The maximum absolute atomic E-state index is 12.5. The van der Waals surface area contributed by atoms with E-state index in [1.54, 1.807) is 4.90 Å². The Morgan fingerprint density at radius 1 is 1.14 bits per heavy atom. The summed E-state index contributed by atoms with van der Waals surface area (Å²) in [6, 6.07) is 0. The smallest absolute Gasteiger partial charge is 0.251 e. The predicted octanol–water partition coefficient (Wildman–Crippen LogP) is 1.64. The van der Waals surface area contributed by atoms with Crippen molar-refractivity contribution in [2.24, 2.45) is 11.3 Å². The van der Waals surface area contributed by atoms with Crippen LogP contribution in [0.15, 0.2) is 0 Å². The van der Waals surface area contributed by atoms with Crippen molar-refractivity contribution >= 4 is 11.8 Å². The third-order valence-electron chi connectivity index (χ3n) is 5.45. The standard InChI is InChI=1S/C17H30N2O3/c1-13(20)16(22)19-10-8-18(9-11-19)15(21)12-14-6-4-5-7-17(14,2)3/h13-14,20H,4-12H2,1-3H3. The summed E-state index contributed by atoms with van der Waals surface area (Å²) in [4.78, 5) is 27.8. The van der Waals surface area contributed by atoms with Gasteiger partial charge in [-0.3, -0.25) is 9.59 Å². The average molecular weight is 310 g/mol. The van der Waals surface area contributed by atoms with Gasteiger partial charge in [-0.15, -0.1) is 0 Å². The summed E-state index contributed by atoms with van der Waals surface area (Å²) in [6.45, 7) is 8.29. The van der Waals surface area contributed by atoms with Crippen LogP contribution in [0.3, 0.4) is 0 Å². The third-order valence-corrected chi connectivity index (χ3v) is 5.45. The molecule has 22 heavy (non-hydrogen) atoms. The minimum atomic E-state index is -0.953. The first kappa shape index (κ1) is 17.3. The van der Waals surface area contributed by atoms with Crippen LogP contribution in [0.2, 0.25) is 0 Å². The second-order valence-electron chi connectivity index (χ2n) is 7.52. The first-order valence-corrected chi connectivity index (χ1v) is 8.56. The number of piperazine rings is 1. The van der Waals surface area contributed by atoms with E-state index in [1.165, 1.54) is 26.2 Å². The van der Waals surface area contributed by atoms with Crippen LogP contribution in [-0.4, -0.2) is 59.0 Å². The molecule has 0 aromatic heterocycles. The first-order valence-electron chi connectivity index (χ1n) is 8.56. The third kappa shape index (κ3) is 4.00. The van der Waals surface area contributed by atoms with Gasteiger partial charge in [-0.05, 0) is 31.1 Å². The van der Waals surface area contributed by atoms with Gasteiger partial charge in [-0.25, -0.2) is 0 Å². The summed E-state index contributed by atoms with van der Waals surface area (Å²) in [5, 5.41) is 9.35. The van der Waals surface area contributed by atoms with Crippen LogP contribution in [0, 0.1) is 11.3 Å². The van der Waals surface area contributed by atoms with E-state index in [0.29, 0.717) is 38.5 Å². The number of aliphatic hydroxyl groups is 1. The SMILES string of the molecule is CC(O)C(=O)N1CCN(C(=O)CC2CCCCC2(C)C)CC1. The topological polar surface area (TPSA) is 60.9 Å². The van der Waals surface area contributed by atoms with Crippen LogP contribution in [0.4, 0.5) is 0 Å². The predicted molar refractivity (Wildman–Crippen MR) is 85.2 cm³/mol. The highest BCUT2D eigenvalue weighted by molar-refractivity contribution is 5.81. The van der Waals surface area contributed by atoms with E-state index in [2.05, 4.69) is 13.8 Å². The van der Waals surface area contributed by atoms with Crippen LogP contribution in [-0.2, 0) is 9.59 Å². The van der Waals surface area contributed by atoms with E-state index in [1.807, 2.05) is 4.90 Å². The molecule has 2 unspecified atom stereocenters. The van der Waals surface area contributed by atoms with Gasteiger partial charge < -0.3 is 14.9 Å². The molecule has 0 spiro atoms. The van der Waals surface area contributed by atoms with Crippen molar-refractivity contribution in [3.8, 4) is 0 Å². The number of aliphatic hydroxyl groups excluding tert-OH is 1. The first-order chi connectivity index (χ1) is 10.3. The number of rotatable bonds is 3. The normalized spacial score (nSPS) is 26.6. The van der Waals surface area contributed by atoms with Crippen molar-refractivity contribution in [1.82, 2.24) is 9.80 Å². The van der Waals surface area contributed by atoms with E-state index in [9.17, 15) is 14.7 Å². The summed E-state index contributed by atoms with van der Waals surface area (Å²) in [6.07, 6.45) is 4.55. The number of hydrogen-bond donors (Lipinski definition) is 1. The summed E-state index contributed by atoms with van der Waals surface area (Å²) in [5.74, 6) is 0.468. The monoisotopic (exact) mass is 310 g/mol. The van der Waals surface area contributed by atoms with Gasteiger partial charge in [0.25, 0.3) is 5.91 Å². The largest absolute Gasteiger partial charge is 0.384 e. The molecule has 0 aromatic carbocycles. The number of nitrogens with zero attached hydrogens (tertiary/aromatic N) is 2. The molecule has 5 heteroatoms. The van der Waals surface area contributed by atoms with Gasteiger partial charge in [-0.1, -0.05) is 26.7 Å². The molecule has 126 valence electrons. The minimum absolute atomic E-state index is 0.226. The molecule has 0 aromatic rings. The Morgan fingerprint density at radius 2 is 1.73 bits per heavy atom. The lowest BCUT2D eigenvalue weighted by atomic mass is 9.67. The molecule has 0 bridgehead atoms. The molecule has 1 aliphatic heterocycles. The zero-order valence-electron chi connectivity index (χ0n) is 14.2. The van der Waals surface area contributed by atoms with Gasteiger partial charge in [0.1, 0.15) is 6.10 Å². The van der Waals surface area contributed by atoms with Crippen molar-refractivity contribution in [3.63, 3.8) is 0 Å². The van der Waals surface area contributed by atoms with Crippen molar-refractivity contribution in [3.05, 3.63) is 0 Å². The fraction of sp³-hybridized carbons (Fsp3) is 0.882. The van der Waals surface area contributed by atoms with Crippen LogP contribution in [0.25, 0.3) is 0 Å². The van der Waals surface area contributed by atoms with E-state index in [4.69, 9.17) is 0 Å². The molecule has 2 rings (SSSR count). The highest BCUT2D eigenvalue weighted by Crippen LogP contribution is 2.42. The molecular weight excluding hydrogens is 280 g/mol. The Kier molecular flexibility index (Phi) is 5.48. The highest BCUT2D eigenvalue weighted by atomic mass is 16.3. The molecular formula is C17H30N2O3. The van der Waals surface area contributed by atoms with Crippen molar-refractivity contribution in [2.45, 2.75) is 59.0 Å². The minimum Gasteiger partial charge on any atom is -0.384 e. The van der Waals surface area contributed by atoms with Crippen LogP contribution in [0.1, 0.15) is 52.9 Å². The summed E-state index contributed by atoms with van der Waals surface area (Å²) < 4.78 is 0. The van der Waals surface area contributed by atoms with Gasteiger partial charge in [0.2, 0.25) is 5.91 Å². The summed E-state index contributed by atoms with van der Waals surface area (Å²) in [5.41, 5.74) is 0.262. The van der Waals surface area contributed by atoms with Crippen LogP contribution in [0.5, 0.6) is 0 Å². The molecule has 2 atom stereocenters. The number of carbonyl (C=O) groups excluding carboxylic acids is 2. The summed E-state index contributed by atoms with van der Waals surface area (Å²) in [7, 11) is 0. The van der Waals surface area contributed by atoms with Crippen molar-refractivity contribution < 1.29 is 14.7 Å². The van der Waals surface area contributed by atoms with E-state index >= 15 is 0 Å². The second kappa shape index (κ2) is 6.99. The maximum atomic E-state index is 12.5. The molecule has 1 aliphatic carbocycles. The average Bonchev–Trinajstić information content (AvgIpc) is 2.48. The number of hydrogen-bond acceptors (Lipinski definition) is 3. The molecule has 2 fully saturated rings. The van der Waals surface area contributed by atoms with E-state index in [-0.39, 0.29) is 17.2 Å². The zero-order chi connectivity index (χ0) is 16.3. The Morgan fingerprint density at radius 3 is 2.27 bits per heavy atom. The Balaban J connectivity index is 1.83. The second-order valence-corrected chi connectivity index (χ2v) is 7.52. The van der Waals surface area contributed by atoms with Gasteiger partial charge in [0.05, 0.1) is 0 Å².